The molecular weight excluding hydrogens is 150 g/mol. The molecule has 0 aliphatic carbocycles. The molecule has 0 atom stereocenters. The highest BCUT2D eigenvalue weighted by atomic mass is 32.1. The third kappa shape index (κ3) is 2.88. The highest BCUT2D eigenvalue weighted by Gasteiger charge is 1.63. The van der Waals surface area contributed by atoms with Gasteiger partial charge in [-0.2, -0.15) is 5.10 Å². The van der Waals surface area contributed by atoms with Crippen LogP contribution in [0.2, 0.25) is 0 Å². The van der Waals surface area contributed by atoms with Crippen LogP contribution in [0.25, 0.3) is 0 Å². The van der Waals surface area contributed by atoms with E-state index < -0.39 is 0 Å². The van der Waals surface area contributed by atoms with Crippen LogP contribution in [0, 0.1) is 12.5 Å². The van der Waals surface area contributed by atoms with Crippen molar-refractivity contribution in [2.45, 2.75) is 0 Å². The van der Waals surface area contributed by atoms with Gasteiger partial charge in [-0.3, -0.25) is 5.10 Å². The van der Waals surface area contributed by atoms with Crippen LogP contribution in [0.3, 0.4) is 0 Å². The molecule has 0 unspecified atom stereocenters. The van der Waals surface area contributed by atoms with Crippen LogP contribution < -0.4 is 0 Å². The van der Waals surface area contributed by atoms with Crippen molar-refractivity contribution in [3.63, 3.8) is 0 Å². The summed E-state index contributed by atoms with van der Waals surface area (Å²) >= 11 is 1.30. The molecule has 0 saturated carbocycles. The minimum Gasteiger partial charge on any atom is -0.265 e. The summed E-state index contributed by atoms with van der Waals surface area (Å²) in [6.07, 6.45) is 6.28. The molecule has 2 radical (unpaired) electrons. The monoisotopic (exact) mass is 153 g/mol. The molecule has 1 N–H and O–H groups in total. The summed E-state index contributed by atoms with van der Waals surface area (Å²) in [6, 6.07) is 0. The number of nitrogens with one attached hydrogen (secondary N) is 1. The van der Waals surface area contributed by atoms with E-state index in [4.69, 9.17) is 0 Å². The second-order valence-electron chi connectivity index (χ2n) is 1.13. The Morgan fingerprint density at radius 2 is 2.50 bits per heavy atom. The third-order valence-corrected chi connectivity index (χ3v) is 0.932. The van der Waals surface area contributed by atoms with Crippen molar-refractivity contribution < 1.29 is 0 Å². The van der Waals surface area contributed by atoms with Crippen LogP contribution >= 0.6 is 11.5 Å². The quantitative estimate of drug-likeness (QED) is 0.576. The predicted octanol–water partition coefficient (Wildman–Crippen LogP) is -0.0568. The van der Waals surface area contributed by atoms with Gasteiger partial charge < -0.3 is 0 Å². The molecular formula is C4H3N5S. The smallest absolute Gasteiger partial charge is 0.220 e. The van der Waals surface area contributed by atoms with E-state index in [2.05, 4.69) is 37.3 Å². The van der Waals surface area contributed by atoms with E-state index in [1.165, 1.54) is 17.9 Å². The summed E-state index contributed by atoms with van der Waals surface area (Å²) in [4.78, 5) is 3.43. The van der Waals surface area contributed by atoms with Crippen LogP contribution in [0.4, 0.5) is 0 Å². The maximum absolute atomic E-state index is 3.46. The zero-order chi connectivity index (χ0) is 7.07. The summed E-state index contributed by atoms with van der Waals surface area (Å²) < 4.78 is 3.46. The molecule has 0 bridgehead atoms. The zero-order valence-corrected chi connectivity index (χ0v) is 5.67. The number of nitrogens with zero attached hydrogens (tertiary/aromatic N) is 4. The van der Waals surface area contributed by atoms with Gasteiger partial charge >= 0.3 is 0 Å². The fourth-order valence-electron chi connectivity index (χ4n) is 0.262. The van der Waals surface area contributed by atoms with Gasteiger partial charge in [-0.15, -0.1) is 5.10 Å². The molecule has 2 aromatic rings. The van der Waals surface area contributed by atoms with Gasteiger partial charge in [0.15, 0.2) is 0 Å². The van der Waals surface area contributed by atoms with E-state index in [-0.39, 0.29) is 0 Å². The SMILES string of the molecule is [c]1csnn1.[c]1nc[nH]n1. The van der Waals surface area contributed by atoms with Gasteiger partial charge in [0, 0.05) is 5.38 Å². The molecule has 0 amide bonds. The number of aromatic nitrogens is 5. The Morgan fingerprint density at radius 1 is 1.50 bits per heavy atom. The Kier molecular flexibility index (Phi) is 3.11. The van der Waals surface area contributed by atoms with Gasteiger partial charge in [0.05, 0.1) is 0 Å². The standard InChI is InChI=1S/C2H2N3.C2HN2S/c1-3-2-5-4-1;1-2-5-4-3-1/h1H,(H,3,4,5);2H. The molecule has 5 nitrogen and oxygen atoms in total. The molecule has 2 heterocycles. The summed E-state index contributed by atoms with van der Waals surface area (Å²) in [5.74, 6) is 0. The number of hydrogen-bond donors (Lipinski definition) is 1. The summed E-state index contributed by atoms with van der Waals surface area (Å²) in [5.41, 5.74) is 0. The lowest BCUT2D eigenvalue weighted by Gasteiger charge is -1.45. The average molecular weight is 153 g/mol. The largest absolute Gasteiger partial charge is 0.265 e. The first-order chi connectivity index (χ1) is 5.00. The topological polar surface area (TPSA) is 67.3 Å². The normalized spacial score (nSPS) is 8.00. The average Bonchev–Trinajstić information content (AvgIpc) is 2.67. The van der Waals surface area contributed by atoms with Crippen molar-refractivity contribution in [1.29, 1.82) is 0 Å². The Labute approximate surface area is 61.3 Å². The molecule has 2 aromatic heterocycles. The molecule has 0 aromatic carbocycles. The van der Waals surface area contributed by atoms with Crippen LogP contribution in [-0.2, 0) is 0 Å². The van der Waals surface area contributed by atoms with Crippen LogP contribution in [0.5, 0.6) is 0 Å². The Hall–Kier alpha value is -1.30. The van der Waals surface area contributed by atoms with Gasteiger partial charge in [-0.25, -0.2) is 4.98 Å². The minimum atomic E-state index is 1.30. The lowest BCUT2D eigenvalue weighted by Crippen LogP contribution is -1.54. The van der Waals surface area contributed by atoms with E-state index in [0.29, 0.717) is 0 Å². The first-order valence-corrected chi connectivity index (χ1v) is 3.18. The van der Waals surface area contributed by atoms with E-state index in [1.807, 2.05) is 0 Å². The van der Waals surface area contributed by atoms with Gasteiger partial charge in [0.25, 0.3) is 0 Å². The molecule has 0 fully saturated rings. The second kappa shape index (κ2) is 4.57. The fourth-order valence-corrected chi connectivity index (χ4v) is 0.498. The van der Waals surface area contributed by atoms with Gasteiger partial charge in [0.1, 0.15) is 12.5 Å². The lowest BCUT2D eigenvalue weighted by molar-refractivity contribution is 1.08. The summed E-state index contributed by atoms with van der Waals surface area (Å²) in [6.45, 7) is 0. The number of H-pyrrole nitrogens is 1. The molecule has 0 aliphatic rings. The lowest BCUT2D eigenvalue weighted by atomic mass is 11.1. The molecule has 0 aliphatic heterocycles. The minimum absolute atomic E-state index is 1.30. The Morgan fingerprint density at radius 3 is 2.70 bits per heavy atom. The third-order valence-electron chi connectivity index (χ3n) is 0.546. The molecule has 10 heavy (non-hydrogen) atoms. The van der Waals surface area contributed by atoms with Crippen molar-refractivity contribution >= 4 is 11.5 Å². The van der Waals surface area contributed by atoms with Crippen molar-refractivity contribution in [3.8, 4) is 0 Å². The van der Waals surface area contributed by atoms with Crippen molar-refractivity contribution in [2.75, 3.05) is 0 Å². The first-order valence-electron chi connectivity index (χ1n) is 2.35. The van der Waals surface area contributed by atoms with Crippen molar-refractivity contribution in [2.24, 2.45) is 0 Å². The Balaban J connectivity index is 0.0000001000. The van der Waals surface area contributed by atoms with Gasteiger partial charge in [0.2, 0.25) is 6.33 Å². The van der Waals surface area contributed by atoms with E-state index >= 15 is 0 Å². The maximum Gasteiger partial charge on any atom is 0.220 e. The van der Waals surface area contributed by atoms with Crippen LogP contribution in [0.15, 0.2) is 11.7 Å². The van der Waals surface area contributed by atoms with Crippen molar-refractivity contribution in [3.05, 3.63) is 24.2 Å². The van der Waals surface area contributed by atoms with Gasteiger partial charge in [-0.1, -0.05) is 4.49 Å². The summed E-state index contributed by atoms with van der Waals surface area (Å²) in [7, 11) is 0. The number of rotatable bonds is 0. The fraction of sp³-hybridized carbons (Fsp3) is 0. The maximum atomic E-state index is 3.46. The van der Waals surface area contributed by atoms with Crippen LogP contribution in [0.1, 0.15) is 0 Å². The van der Waals surface area contributed by atoms with Gasteiger partial charge in [-0.05, 0) is 11.5 Å². The molecule has 2 rings (SSSR count). The number of hydrogen-bond acceptors (Lipinski definition) is 5. The Bertz CT molecular complexity index is 153. The van der Waals surface area contributed by atoms with Crippen molar-refractivity contribution in [1.82, 2.24) is 24.8 Å². The molecule has 0 saturated heterocycles. The predicted molar refractivity (Wildman–Crippen MR) is 34.0 cm³/mol. The van der Waals surface area contributed by atoms with E-state index in [1.54, 1.807) is 5.38 Å². The van der Waals surface area contributed by atoms with Crippen LogP contribution in [-0.4, -0.2) is 24.8 Å². The highest BCUT2D eigenvalue weighted by molar-refractivity contribution is 7.03. The first kappa shape index (κ1) is 6.81. The second-order valence-corrected chi connectivity index (χ2v) is 1.74. The molecule has 0 spiro atoms. The highest BCUT2D eigenvalue weighted by Crippen LogP contribution is 1.77. The van der Waals surface area contributed by atoms with E-state index in [9.17, 15) is 0 Å². The van der Waals surface area contributed by atoms with E-state index in [0.717, 1.165) is 0 Å². The molecule has 50 valence electrons. The zero-order valence-electron chi connectivity index (χ0n) is 4.85. The molecule has 6 heteroatoms. The summed E-state index contributed by atoms with van der Waals surface area (Å²) in [5, 5.41) is 10.9. The number of aromatic amines is 1.